The van der Waals surface area contributed by atoms with Crippen LogP contribution in [0.25, 0.3) is 0 Å². The molecule has 1 aromatic carbocycles. The van der Waals surface area contributed by atoms with Crippen molar-refractivity contribution in [3.05, 3.63) is 57.9 Å². The lowest BCUT2D eigenvalue weighted by Crippen LogP contribution is -2.25. The first kappa shape index (κ1) is 15.4. The molecule has 2 aromatic rings. The fourth-order valence-electron chi connectivity index (χ4n) is 1.79. The van der Waals surface area contributed by atoms with Gasteiger partial charge in [0.1, 0.15) is 5.82 Å². The average Bonchev–Trinajstić information content (AvgIpc) is 2.50. The van der Waals surface area contributed by atoms with E-state index >= 15 is 0 Å². The van der Waals surface area contributed by atoms with Crippen molar-refractivity contribution in [2.75, 3.05) is 7.11 Å². The lowest BCUT2D eigenvalue weighted by atomic mass is 10.1. The lowest BCUT2D eigenvalue weighted by molar-refractivity contribution is -0.120. The molecule has 0 aliphatic heterocycles. The molecule has 0 radical (unpaired) electrons. The van der Waals surface area contributed by atoms with Crippen molar-refractivity contribution in [3.8, 4) is 5.88 Å². The maximum absolute atomic E-state index is 13.8. The van der Waals surface area contributed by atoms with Crippen molar-refractivity contribution in [2.45, 2.75) is 13.0 Å². The van der Waals surface area contributed by atoms with E-state index in [1.165, 1.54) is 7.11 Å². The number of benzene rings is 1. The highest BCUT2D eigenvalue weighted by atomic mass is 79.9. The number of ether oxygens (including phenoxy) is 1. The van der Waals surface area contributed by atoms with E-state index in [0.717, 1.165) is 5.56 Å². The zero-order chi connectivity index (χ0) is 15.2. The summed E-state index contributed by atoms with van der Waals surface area (Å²) in [7, 11) is 1.53. The molecule has 0 atom stereocenters. The van der Waals surface area contributed by atoms with Crippen LogP contribution in [0.15, 0.2) is 41.0 Å². The average molecular weight is 353 g/mol. The molecule has 6 heteroatoms. The number of hydrogen-bond acceptors (Lipinski definition) is 3. The van der Waals surface area contributed by atoms with Gasteiger partial charge in [-0.1, -0.05) is 12.1 Å². The Bertz CT molecular complexity index is 649. The SMILES string of the molecule is COc1cc(CNC(=O)Cc2cccc(Br)c2F)ccn1. The summed E-state index contributed by atoms with van der Waals surface area (Å²) >= 11 is 3.10. The fourth-order valence-corrected chi connectivity index (χ4v) is 2.20. The Hall–Kier alpha value is -1.95. The monoisotopic (exact) mass is 352 g/mol. The summed E-state index contributed by atoms with van der Waals surface area (Å²) in [5, 5.41) is 2.74. The van der Waals surface area contributed by atoms with Gasteiger partial charge in [0.05, 0.1) is 18.0 Å². The van der Waals surface area contributed by atoms with Crippen molar-refractivity contribution in [3.63, 3.8) is 0 Å². The topological polar surface area (TPSA) is 51.2 Å². The Balaban J connectivity index is 1.94. The van der Waals surface area contributed by atoms with Gasteiger partial charge in [-0.05, 0) is 39.2 Å². The number of pyridine rings is 1. The lowest BCUT2D eigenvalue weighted by Gasteiger charge is -2.07. The van der Waals surface area contributed by atoms with Gasteiger partial charge in [-0.25, -0.2) is 9.37 Å². The van der Waals surface area contributed by atoms with E-state index in [1.807, 2.05) is 0 Å². The van der Waals surface area contributed by atoms with E-state index in [4.69, 9.17) is 4.74 Å². The first-order valence-corrected chi connectivity index (χ1v) is 7.08. The highest BCUT2D eigenvalue weighted by molar-refractivity contribution is 9.10. The van der Waals surface area contributed by atoms with Gasteiger partial charge in [0.2, 0.25) is 11.8 Å². The molecule has 1 N–H and O–H groups in total. The van der Waals surface area contributed by atoms with Gasteiger partial charge in [0, 0.05) is 18.8 Å². The molecular weight excluding hydrogens is 339 g/mol. The van der Waals surface area contributed by atoms with Gasteiger partial charge in [-0.3, -0.25) is 4.79 Å². The number of nitrogens with zero attached hydrogens (tertiary/aromatic N) is 1. The van der Waals surface area contributed by atoms with Crippen LogP contribution < -0.4 is 10.1 Å². The van der Waals surface area contributed by atoms with Crippen LogP contribution in [0.5, 0.6) is 5.88 Å². The molecule has 21 heavy (non-hydrogen) atoms. The zero-order valence-corrected chi connectivity index (χ0v) is 13.0. The van der Waals surface area contributed by atoms with Gasteiger partial charge in [-0.2, -0.15) is 0 Å². The van der Waals surface area contributed by atoms with Gasteiger partial charge >= 0.3 is 0 Å². The minimum Gasteiger partial charge on any atom is -0.481 e. The predicted molar refractivity (Wildman–Crippen MR) is 80.4 cm³/mol. The second-order valence-corrected chi connectivity index (χ2v) is 5.23. The standard InChI is InChI=1S/C15H14BrFN2O2/c1-21-14-7-10(5-6-18-14)9-19-13(20)8-11-3-2-4-12(16)15(11)17/h2-7H,8-9H2,1H3,(H,19,20). The third-order valence-electron chi connectivity index (χ3n) is 2.88. The summed E-state index contributed by atoms with van der Waals surface area (Å²) in [6.07, 6.45) is 1.60. The van der Waals surface area contributed by atoms with Crippen LogP contribution in [0.2, 0.25) is 0 Å². The molecule has 0 unspecified atom stereocenters. The molecule has 0 spiro atoms. The molecule has 0 saturated heterocycles. The summed E-state index contributed by atoms with van der Waals surface area (Å²) in [5.41, 5.74) is 1.22. The number of methoxy groups -OCH3 is 1. The molecule has 1 aromatic heterocycles. The van der Waals surface area contributed by atoms with Gasteiger partial charge in [0.15, 0.2) is 0 Å². The van der Waals surface area contributed by atoms with Crippen LogP contribution in [-0.4, -0.2) is 18.0 Å². The van der Waals surface area contributed by atoms with Crippen molar-refractivity contribution >= 4 is 21.8 Å². The molecule has 0 aliphatic rings. The van der Waals surface area contributed by atoms with Crippen LogP contribution in [0, 0.1) is 5.82 Å². The number of carbonyl (C=O) groups is 1. The maximum Gasteiger partial charge on any atom is 0.224 e. The second kappa shape index (κ2) is 7.17. The highest BCUT2D eigenvalue weighted by Gasteiger charge is 2.10. The van der Waals surface area contributed by atoms with E-state index in [9.17, 15) is 9.18 Å². The second-order valence-electron chi connectivity index (χ2n) is 4.37. The normalized spacial score (nSPS) is 10.2. The summed E-state index contributed by atoms with van der Waals surface area (Å²) < 4.78 is 19.1. The maximum atomic E-state index is 13.8. The first-order valence-electron chi connectivity index (χ1n) is 6.28. The molecule has 4 nitrogen and oxygen atoms in total. The van der Waals surface area contributed by atoms with Gasteiger partial charge in [0.25, 0.3) is 0 Å². The summed E-state index contributed by atoms with van der Waals surface area (Å²) in [5.74, 6) is -0.166. The predicted octanol–water partition coefficient (Wildman–Crippen LogP) is 2.85. The summed E-state index contributed by atoms with van der Waals surface area (Å²) in [4.78, 5) is 15.8. The quantitative estimate of drug-likeness (QED) is 0.899. The van der Waals surface area contributed by atoms with Gasteiger partial charge in [-0.15, -0.1) is 0 Å². The molecule has 1 heterocycles. The minimum absolute atomic E-state index is 0.00646. The summed E-state index contributed by atoms with van der Waals surface area (Å²) in [6.45, 7) is 0.341. The zero-order valence-electron chi connectivity index (χ0n) is 11.4. The molecule has 0 fully saturated rings. The molecule has 0 bridgehead atoms. The van der Waals surface area contributed by atoms with Crippen molar-refractivity contribution in [1.82, 2.24) is 10.3 Å². The molecule has 1 amide bonds. The third-order valence-corrected chi connectivity index (χ3v) is 3.49. The van der Waals surface area contributed by atoms with Crippen LogP contribution >= 0.6 is 15.9 Å². The number of aromatic nitrogens is 1. The molecule has 0 saturated carbocycles. The molecular formula is C15H14BrFN2O2. The van der Waals surface area contributed by atoms with E-state index in [2.05, 4.69) is 26.2 Å². The number of hydrogen-bond donors (Lipinski definition) is 1. The first-order chi connectivity index (χ1) is 10.1. The summed E-state index contributed by atoms with van der Waals surface area (Å²) in [6, 6.07) is 8.40. The third kappa shape index (κ3) is 4.26. The number of halogens is 2. The van der Waals surface area contributed by atoms with Crippen LogP contribution in [0.4, 0.5) is 4.39 Å². The Labute approximate surface area is 130 Å². The van der Waals surface area contributed by atoms with E-state index < -0.39 is 5.82 Å². The molecule has 2 rings (SSSR count). The number of nitrogens with one attached hydrogen (secondary N) is 1. The Kier molecular flexibility index (Phi) is 5.27. The van der Waals surface area contributed by atoms with Crippen LogP contribution in [0.3, 0.4) is 0 Å². The molecule has 110 valence electrons. The number of amides is 1. The van der Waals surface area contributed by atoms with E-state index in [-0.39, 0.29) is 12.3 Å². The van der Waals surface area contributed by atoms with Crippen molar-refractivity contribution in [1.29, 1.82) is 0 Å². The fraction of sp³-hybridized carbons (Fsp3) is 0.200. The Morgan fingerprint density at radius 1 is 1.43 bits per heavy atom. The van der Waals surface area contributed by atoms with Gasteiger partial charge < -0.3 is 10.1 Å². The number of carbonyl (C=O) groups excluding carboxylic acids is 1. The molecule has 0 aliphatic carbocycles. The highest BCUT2D eigenvalue weighted by Crippen LogP contribution is 2.18. The Morgan fingerprint density at radius 3 is 3.00 bits per heavy atom. The minimum atomic E-state index is -0.404. The number of rotatable bonds is 5. The van der Waals surface area contributed by atoms with Crippen molar-refractivity contribution < 1.29 is 13.9 Å². The van der Waals surface area contributed by atoms with Crippen LogP contribution in [-0.2, 0) is 17.8 Å². The van der Waals surface area contributed by atoms with E-state index in [0.29, 0.717) is 22.5 Å². The van der Waals surface area contributed by atoms with Crippen molar-refractivity contribution in [2.24, 2.45) is 0 Å². The largest absolute Gasteiger partial charge is 0.481 e. The smallest absolute Gasteiger partial charge is 0.224 e. The Morgan fingerprint density at radius 2 is 2.24 bits per heavy atom. The van der Waals surface area contributed by atoms with Crippen LogP contribution in [0.1, 0.15) is 11.1 Å². The van der Waals surface area contributed by atoms with E-state index in [1.54, 1.807) is 36.5 Å².